The summed E-state index contributed by atoms with van der Waals surface area (Å²) in [6, 6.07) is 10.0. The van der Waals surface area contributed by atoms with Crippen LogP contribution in [0.2, 0.25) is 0 Å². The maximum absolute atomic E-state index is 11.6. The molecule has 0 spiro atoms. The lowest BCUT2D eigenvalue weighted by Crippen LogP contribution is -2.72. The number of benzene rings is 1. The third kappa shape index (κ3) is 2.08. The van der Waals surface area contributed by atoms with Gasteiger partial charge in [0.15, 0.2) is 0 Å². The van der Waals surface area contributed by atoms with E-state index in [1.54, 1.807) is 0 Å². The number of nitrogens with one attached hydrogen (secondary N) is 2. The molecule has 1 aromatic rings. The summed E-state index contributed by atoms with van der Waals surface area (Å²) in [5.41, 5.74) is 0.627. The molecule has 1 heterocycles. The lowest BCUT2D eigenvalue weighted by atomic mass is 9.92. The van der Waals surface area contributed by atoms with Crippen molar-refractivity contribution in [2.45, 2.75) is 12.1 Å². The number of rotatable bonds is 4. The van der Waals surface area contributed by atoms with E-state index < -0.39 is 5.54 Å². The third-order valence-corrected chi connectivity index (χ3v) is 2.90. The third-order valence-electron chi connectivity index (χ3n) is 2.90. The molecule has 1 aliphatic rings. The van der Waals surface area contributed by atoms with Gasteiger partial charge < -0.3 is 10.1 Å². The average Bonchev–Trinajstić information content (AvgIpc) is 2.28. The van der Waals surface area contributed by atoms with Crippen LogP contribution in [0, 0.1) is 0 Å². The topological polar surface area (TPSA) is 50.4 Å². The molecule has 0 saturated carbocycles. The van der Waals surface area contributed by atoms with Crippen LogP contribution in [0.4, 0.5) is 0 Å². The Kier molecular flexibility index (Phi) is 3.22. The highest BCUT2D eigenvalue weighted by atomic mass is 16.5. The van der Waals surface area contributed by atoms with Gasteiger partial charge in [0.25, 0.3) is 0 Å². The van der Waals surface area contributed by atoms with Crippen LogP contribution < -0.4 is 10.6 Å². The minimum atomic E-state index is -0.537. The molecule has 0 amide bonds. The van der Waals surface area contributed by atoms with Gasteiger partial charge in [-0.1, -0.05) is 30.3 Å². The predicted molar refractivity (Wildman–Crippen MR) is 60.9 cm³/mol. The summed E-state index contributed by atoms with van der Waals surface area (Å²) in [6.45, 7) is 1.94. The van der Waals surface area contributed by atoms with E-state index in [1.165, 1.54) is 7.11 Å². The Labute approximate surface area is 95.0 Å². The van der Waals surface area contributed by atoms with Crippen LogP contribution in [0.25, 0.3) is 0 Å². The molecule has 86 valence electrons. The van der Waals surface area contributed by atoms with E-state index in [0.29, 0.717) is 19.6 Å². The molecule has 2 N–H and O–H groups in total. The molecule has 1 aliphatic heterocycles. The Hall–Kier alpha value is -1.39. The lowest BCUT2D eigenvalue weighted by Gasteiger charge is -2.40. The fraction of sp³-hybridized carbons (Fsp3) is 0.417. The Morgan fingerprint density at radius 3 is 2.62 bits per heavy atom. The molecule has 0 bridgehead atoms. The first-order valence-corrected chi connectivity index (χ1v) is 5.35. The summed E-state index contributed by atoms with van der Waals surface area (Å²) >= 11 is 0. The highest BCUT2D eigenvalue weighted by molar-refractivity contribution is 5.82. The Bertz CT molecular complexity index is 361. The van der Waals surface area contributed by atoms with Crippen LogP contribution in [0.3, 0.4) is 0 Å². The van der Waals surface area contributed by atoms with Crippen LogP contribution in [-0.4, -0.2) is 31.7 Å². The van der Waals surface area contributed by atoms with Crippen molar-refractivity contribution in [1.82, 2.24) is 10.6 Å². The minimum absolute atomic E-state index is 0.192. The molecular weight excluding hydrogens is 204 g/mol. The zero-order valence-electron chi connectivity index (χ0n) is 9.32. The standard InChI is InChI=1S/C12H16N2O2/c1-16-11(15)12(8-13-9-12)14-7-10-5-3-2-4-6-10/h2-6,13-14H,7-9H2,1H3. The molecule has 0 unspecified atom stereocenters. The maximum Gasteiger partial charge on any atom is 0.328 e. The van der Waals surface area contributed by atoms with Crippen molar-refractivity contribution in [3.63, 3.8) is 0 Å². The second kappa shape index (κ2) is 4.63. The lowest BCUT2D eigenvalue weighted by molar-refractivity contribution is -0.151. The van der Waals surface area contributed by atoms with Crippen molar-refractivity contribution < 1.29 is 9.53 Å². The summed E-state index contributed by atoms with van der Waals surface area (Å²) in [5, 5.41) is 6.35. The molecule has 1 fully saturated rings. The zero-order valence-corrected chi connectivity index (χ0v) is 9.32. The highest BCUT2D eigenvalue weighted by Gasteiger charge is 2.44. The van der Waals surface area contributed by atoms with Gasteiger partial charge in [0.2, 0.25) is 0 Å². The van der Waals surface area contributed by atoms with Gasteiger partial charge >= 0.3 is 5.97 Å². The van der Waals surface area contributed by atoms with Gasteiger partial charge in [-0.25, -0.2) is 4.79 Å². The normalized spacial score (nSPS) is 17.6. The smallest absolute Gasteiger partial charge is 0.328 e. The second-order valence-electron chi connectivity index (χ2n) is 4.02. The fourth-order valence-corrected chi connectivity index (χ4v) is 1.78. The van der Waals surface area contributed by atoms with Crippen LogP contribution >= 0.6 is 0 Å². The maximum atomic E-state index is 11.6. The zero-order chi connectivity index (χ0) is 11.4. The van der Waals surface area contributed by atoms with E-state index in [4.69, 9.17) is 4.74 Å². The largest absolute Gasteiger partial charge is 0.468 e. The molecule has 0 aliphatic carbocycles. The summed E-state index contributed by atoms with van der Waals surface area (Å²) in [4.78, 5) is 11.6. The number of methoxy groups -OCH3 is 1. The van der Waals surface area contributed by atoms with Crippen LogP contribution in [0.1, 0.15) is 5.56 Å². The van der Waals surface area contributed by atoms with Gasteiger partial charge in [0.05, 0.1) is 7.11 Å². The molecule has 16 heavy (non-hydrogen) atoms. The van der Waals surface area contributed by atoms with E-state index >= 15 is 0 Å². The Balaban J connectivity index is 1.96. The van der Waals surface area contributed by atoms with Gasteiger partial charge in [-0.05, 0) is 5.56 Å². The molecule has 1 saturated heterocycles. The number of esters is 1. The van der Waals surface area contributed by atoms with E-state index in [1.807, 2.05) is 30.3 Å². The molecule has 4 heteroatoms. The quantitative estimate of drug-likeness (QED) is 0.716. The molecule has 1 aromatic carbocycles. The molecule has 0 atom stereocenters. The first-order chi connectivity index (χ1) is 7.77. The first-order valence-electron chi connectivity index (χ1n) is 5.35. The van der Waals surface area contributed by atoms with Crippen molar-refractivity contribution in [1.29, 1.82) is 0 Å². The summed E-state index contributed by atoms with van der Waals surface area (Å²) < 4.78 is 4.80. The highest BCUT2D eigenvalue weighted by Crippen LogP contribution is 2.14. The molecule has 0 radical (unpaired) electrons. The van der Waals surface area contributed by atoms with E-state index in [9.17, 15) is 4.79 Å². The molecule has 4 nitrogen and oxygen atoms in total. The van der Waals surface area contributed by atoms with Gasteiger partial charge in [0, 0.05) is 19.6 Å². The predicted octanol–water partition coefficient (Wildman–Crippen LogP) is 0.291. The van der Waals surface area contributed by atoms with Crippen LogP contribution in [-0.2, 0) is 16.1 Å². The summed E-state index contributed by atoms with van der Waals surface area (Å²) in [6.07, 6.45) is 0. The number of hydrogen-bond donors (Lipinski definition) is 2. The monoisotopic (exact) mass is 220 g/mol. The van der Waals surface area contributed by atoms with Crippen molar-refractivity contribution in [2.24, 2.45) is 0 Å². The summed E-state index contributed by atoms with van der Waals surface area (Å²) in [5.74, 6) is -0.192. The molecule has 2 rings (SSSR count). The number of ether oxygens (including phenoxy) is 1. The number of hydrogen-bond acceptors (Lipinski definition) is 4. The van der Waals surface area contributed by atoms with Crippen LogP contribution in [0.15, 0.2) is 30.3 Å². The van der Waals surface area contributed by atoms with Gasteiger partial charge in [-0.3, -0.25) is 5.32 Å². The second-order valence-corrected chi connectivity index (χ2v) is 4.02. The summed E-state index contributed by atoms with van der Waals surface area (Å²) in [7, 11) is 1.42. The molecule has 0 aromatic heterocycles. The van der Waals surface area contributed by atoms with E-state index in [2.05, 4.69) is 10.6 Å². The van der Waals surface area contributed by atoms with Gasteiger partial charge in [-0.15, -0.1) is 0 Å². The Morgan fingerprint density at radius 1 is 1.44 bits per heavy atom. The number of carbonyl (C=O) groups excluding carboxylic acids is 1. The van der Waals surface area contributed by atoms with Crippen molar-refractivity contribution in [2.75, 3.05) is 20.2 Å². The van der Waals surface area contributed by atoms with Crippen molar-refractivity contribution in [3.8, 4) is 0 Å². The van der Waals surface area contributed by atoms with Gasteiger partial charge in [0.1, 0.15) is 5.54 Å². The van der Waals surface area contributed by atoms with Gasteiger partial charge in [-0.2, -0.15) is 0 Å². The van der Waals surface area contributed by atoms with E-state index in [0.717, 1.165) is 5.56 Å². The number of carbonyl (C=O) groups is 1. The van der Waals surface area contributed by atoms with Crippen molar-refractivity contribution >= 4 is 5.97 Å². The average molecular weight is 220 g/mol. The SMILES string of the molecule is COC(=O)C1(NCc2ccccc2)CNC1. The molecular formula is C12H16N2O2. The van der Waals surface area contributed by atoms with Crippen LogP contribution in [0.5, 0.6) is 0 Å². The first kappa shape index (κ1) is 11.1. The minimum Gasteiger partial charge on any atom is -0.468 e. The fourth-order valence-electron chi connectivity index (χ4n) is 1.78. The van der Waals surface area contributed by atoms with Crippen molar-refractivity contribution in [3.05, 3.63) is 35.9 Å². The Morgan fingerprint density at radius 2 is 2.12 bits per heavy atom. The van der Waals surface area contributed by atoms with E-state index in [-0.39, 0.29) is 5.97 Å².